The van der Waals surface area contributed by atoms with E-state index in [1.807, 2.05) is 0 Å². The van der Waals surface area contributed by atoms with Crippen LogP contribution in [0.25, 0.3) is 0 Å². The van der Waals surface area contributed by atoms with Gasteiger partial charge in [0.15, 0.2) is 8.32 Å². The maximum atomic E-state index is 12.8. The number of thioether (sulfide) groups is 1. The third-order valence-electron chi connectivity index (χ3n) is 7.88. The standard InChI is InChI=1S/C30H58O3SSi/c1-9-11-12-13-14-15-16-19-23-30(6)27(26(22-10-2)28(31)34-30)32-24-20-17-18-21-25-33-35(7,8)29(3,4)5/h9-25H2,1-8H3. The van der Waals surface area contributed by atoms with E-state index in [0.29, 0.717) is 0 Å². The van der Waals surface area contributed by atoms with Gasteiger partial charge in [0.2, 0.25) is 5.12 Å². The van der Waals surface area contributed by atoms with Gasteiger partial charge in [-0.1, -0.05) is 111 Å². The molecule has 0 aromatic carbocycles. The molecule has 0 aromatic rings. The molecule has 0 spiro atoms. The first-order valence-electron chi connectivity index (χ1n) is 14.7. The molecule has 1 rings (SSSR count). The lowest BCUT2D eigenvalue weighted by atomic mass is 9.95. The molecule has 0 radical (unpaired) electrons. The fourth-order valence-electron chi connectivity index (χ4n) is 4.47. The summed E-state index contributed by atoms with van der Waals surface area (Å²) in [5.74, 6) is 1.01. The molecule has 0 N–H and O–H groups in total. The molecule has 0 saturated carbocycles. The normalized spacial score (nSPS) is 19.1. The number of carbonyl (C=O) groups excluding carboxylic acids is 1. The first kappa shape index (κ1) is 32.8. The number of hydrogen-bond acceptors (Lipinski definition) is 4. The van der Waals surface area contributed by atoms with Gasteiger partial charge in [-0.05, 0) is 57.2 Å². The Morgan fingerprint density at radius 2 is 1.34 bits per heavy atom. The third kappa shape index (κ3) is 11.8. The summed E-state index contributed by atoms with van der Waals surface area (Å²) in [6.45, 7) is 19.8. The predicted molar refractivity (Wildman–Crippen MR) is 158 cm³/mol. The summed E-state index contributed by atoms with van der Waals surface area (Å²) in [7, 11) is -1.63. The molecule has 1 atom stereocenters. The molecule has 0 aliphatic carbocycles. The van der Waals surface area contributed by atoms with Gasteiger partial charge in [0.25, 0.3) is 0 Å². The molecule has 1 heterocycles. The van der Waals surface area contributed by atoms with Crippen molar-refractivity contribution in [1.82, 2.24) is 0 Å². The van der Waals surface area contributed by atoms with Gasteiger partial charge in [-0.2, -0.15) is 0 Å². The second-order valence-electron chi connectivity index (χ2n) is 12.3. The molecule has 0 aromatic heterocycles. The number of unbranched alkanes of at least 4 members (excludes halogenated alkanes) is 10. The molecule has 35 heavy (non-hydrogen) atoms. The van der Waals surface area contributed by atoms with E-state index in [1.54, 1.807) is 0 Å². The Kier molecular flexibility index (Phi) is 15.5. The Bertz CT molecular complexity index is 638. The monoisotopic (exact) mass is 526 g/mol. The highest BCUT2D eigenvalue weighted by Crippen LogP contribution is 2.48. The van der Waals surface area contributed by atoms with Crippen molar-refractivity contribution < 1.29 is 14.0 Å². The van der Waals surface area contributed by atoms with E-state index in [1.165, 1.54) is 69.5 Å². The minimum Gasteiger partial charge on any atom is -0.496 e. The maximum Gasteiger partial charge on any atom is 0.219 e. The zero-order valence-corrected chi connectivity index (χ0v) is 26.5. The zero-order chi connectivity index (χ0) is 26.4. The molecule has 0 saturated heterocycles. The number of hydrogen-bond donors (Lipinski definition) is 0. The summed E-state index contributed by atoms with van der Waals surface area (Å²) in [5, 5.41) is 0.537. The van der Waals surface area contributed by atoms with Crippen molar-refractivity contribution in [3.63, 3.8) is 0 Å². The van der Waals surface area contributed by atoms with Crippen molar-refractivity contribution >= 4 is 25.2 Å². The van der Waals surface area contributed by atoms with Gasteiger partial charge < -0.3 is 9.16 Å². The van der Waals surface area contributed by atoms with Crippen LogP contribution in [0.5, 0.6) is 0 Å². The van der Waals surface area contributed by atoms with Crippen molar-refractivity contribution in [3.05, 3.63) is 11.3 Å². The average Bonchev–Trinajstić information content (AvgIpc) is 3.00. The summed E-state index contributed by atoms with van der Waals surface area (Å²) in [4.78, 5) is 12.8. The van der Waals surface area contributed by atoms with Gasteiger partial charge in [-0.25, -0.2) is 0 Å². The van der Waals surface area contributed by atoms with Crippen LogP contribution in [-0.4, -0.2) is 31.4 Å². The maximum absolute atomic E-state index is 12.8. The Morgan fingerprint density at radius 3 is 1.91 bits per heavy atom. The molecule has 206 valence electrons. The Morgan fingerprint density at radius 1 is 0.800 bits per heavy atom. The highest BCUT2D eigenvalue weighted by atomic mass is 32.2. The fourth-order valence-corrected chi connectivity index (χ4v) is 6.80. The van der Waals surface area contributed by atoms with Crippen LogP contribution in [0, 0.1) is 0 Å². The number of ether oxygens (including phenoxy) is 1. The van der Waals surface area contributed by atoms with Gasteiger partial charge >= 0.3 is 0 Å². The molecule has 0 amide bonds. The topological polar surface area (TPSA) is 35.5 Å². The van der Waals surface area contributed by atoms with Crippen LogP contribution in [0.15, 0.2) is 11.3 Å². The number of carbonyl (C=O) groups is 1. The van der Waals surface area contributed by atoms with Gasteiger partial charge in [-0.15, -0.1) is 0 Å². The van der Waals surface area contributed by atoms with E-state index < -0.39 is 8.32 Å². The van der Waals surface area contributed by atoms with Crippen LogP contribution in [0.2, 0.25) is 18.1 Å². The molecule has 0 fully saturated rings. The van der Waals surface area contributed by atoms with Gasteiger partial charge in [0.1, 0.15) is 5.76 Å². The number of rotatable bonds is 20. The summed E-state index contributed by atoms with van der Waals surface area (Å²) in [6.07, 6.45) is 18.0. The van der Waals surface area contributed by atoms with Crippen LogP contribution >= 0.6 is 11.8 Å². The van der Waals surface area contributed by atoms with Gasteiger partial charge in [-0.3, -0.25) is 4.79 Å². The summed E-state index contributed by atoms with van der Waals surface area (Å²) >= 11 is 1.53. The average molecular weight is 527 g/mol. The molecule has 5 heteroatoms. The molecular weight excluding hydrogens is 468 g/mol. The third-order valence-corrected chi connectivity index (χ3v) is 13.7. The zero-order valence-electron chi connectivity index (χ0n) is 24.7. The predicted octanol–water partition coefficient (Wildman–Crippen LogP) is 10.2. The first-order chi connectivity index (χ1) is 16.5. The Labute approximate surface area is 224 Å². The Hall–Kier alpha value is -0.263. The largest absolute Gasteiger partial charge is 0.496 e. The smallest absolute Gasteiger partial charge is 0.219 e. The second-order valence-corrected chi connectivity index (χ2v) is 18.6. The van der Waals surface area contributed by atoms with Crippen LogP contribution in [0.1, 0.15) is 138 Å². The summed E-state index contributed by atoms with van der Waals surface area (Å²) in [5.41, 5.74) is 0.960. The van der Waals surface area contributed by atoms with Crippen LogP contribution in [0.3, 0.4) is 0 Å². The van der Waals surface area contributed by atoms with E-state index in [-0.39, 0.29) is 14.9 Å². The van der Waals surface area contributed by atoms with E-state index in [4.69, 9.17) is 9.16 Å². The van der Waals surface area contributed by atoms with E-state index in [0.717, 1.165) is 63.1 Å². The van der Waals surface area contributed by atoms with E-state index in [9.17, 15) is 4.79 Å². The van der Waals surface area contributed by atoms with Crippen molar-refractivity contribution in [3.8, 4) is 0 Å². The Balaban J connectivity index is 2.41. The lowest BCUT2D eigenvalue weighted by Gasteiger charge is -2.36. The van der Waals surface area contributed by atoms with Crippen LogP contribution in [-0.2, 0) is 14.0 Å². The molecular formula is C30H58O3SSi. The summed E-state index contributed by atoms with van der Waals surface area (Å²) in [6, 6.07) is 0. The SMILES string of the molecule is CCCCCCCCCCC1(C)SC(=O)C(CCC)=C1OCCCCCCO[Si](C)(C)C(C)(C)C. The lowest BCUT2D eigenvalue weighted by molar-refractivity contribution is -0.108. The first-order valence-corrected chi connectivity index (χ1v) is 18.4. The lowest BCUT2D eigenvalue weighted by Crippen LogP contribution is -2.40. The van der Waals surface area contributed by atoms with Gasteiger partial charge in [0, 0.05) is 12.2 Å². The minimum absolute atomic E-state index is 0.166. The van der Waals surface area contributed by atoms with Crippen molar-refractivity contribution in [2.75, 3.05) is 13.2 Å². The van der Waals surface area contributed by atoms with E-state index >= 15 is 0 Å². The van der Waals surface area contributed by atoms with Crippen molar-refractivity contribution in [2.45, 2.75) is 161 Å². The second kappa shape index (κ2) is 16.6. The molecule has 0 bridgehead atoms. The van der Waals surface area contributed by atoms with Crippen LogP contribution < -0.4 is 0 Å². The van der Waals surface area contributed by atoms with E-state index in [2.05, 4.69) is 54.6 Å². The molecule has 1 unspecified atom stereocenters. The molecule has 3 nitrogen and oxygen atoms in total. The van der Waals surface area contributed by atoms with Crippen LogP contribution in [0.4, 0.5) is 0 Å². The van der Waals surface area contributed by atoms with Gasteiger partial charge in [0.05, 0.1) is 11.4 Å². The highest BCUT2D eigenvalue weighted by Gasteiger charge is 2.43. The summed E-state index contributed by atoms with van der Waals surface area (Å²) < 4.78 is 12.5. The fraction of sp³-hybridized carbons (Fsp3) is 0.900. The quantitative estimate of drug-likeness (QED) is 0.117. The highest BCUT2D eigenvalue weighted by molar-refractivity contribution is 8.15. The minimum atomic E-state index is -1.63. The molecule has 1 aliphatic rings. The van der Waals surface area contributed by atoms with Crippen molar-refractivity contribution in [2.24, 2.45) is 0 Å². The molecule has 1 aliphatic heterocycles. The van der Waals surface area contributed by atoms with Crippen molar-refractivity contribution in [1.29, 1.82) is 0 Å².